The number of hydrogen-bond donors (Lipinski definition) is 0. The van der Waals surface area contributed by atoms with Crippen LogP contribution in [0.1, 0.15) is 16.7 Å². The zero-order valence-corrected chi connectivity index (χ0v) is 12.3. The number of nitrogens with zero attached hydrogens (tertiary/aromatic N) is 1. The largest absolute Gasteiger partial charge is 0.496 e. The van der Waals surface area contributed by atoms with Crippen LogP contribution in [0.5, 0.6) is 5.75 Å². The Bertz CT molecular complexity index is 692. The van der Waals surface area contributed by atoms with Crippen molar-refractivity contribution in [1.82, 2.24) is 0 Å². The molecule has 0 amide bonds. The summed E-state index contributed by atoms with van der Waals surface area (Å²) in [6.07, 6.45) is 0. The highest BCUT2D eigenvalue weighted by Gasteiger charge is 2.09. The van der Waals surface area contributed by atoms with Crippen LogP contribution in [0.3, 0.4) is 0 Å². The highest BCUT2D eigenvalue weighted by atomic mass is 32.2. The summed E-state index contributed by atoms with van der Waals surface area (Å²) in [5.74, 6) is 0.734. The average Bonchev–Trinajstić information content (AvgIpc) is 2.48. The van der Waals surface area contributed by atoms with Gasteiger partial charge in [-0.15, -0.1) is 0 Å². The minimum atomic E-state index is -1.18. The van der Waals surface area contributed by atoms with Crippen molar-refractivity contribution in [3.8, 4) is 11.8 Å². The summed E-state index contributed by atoms with van der Waals surface area (Å²) >= 11 is 0. The van der Waals surface area contributed by atoms with Gasteiger partial charge in [0.1, 0.15) is 11.6 Å². The van der Waals surface area contributed by atoms with Gasteiger partial charge in [0.05, 0.1) is 24.5 Å². The molecule has 2 aromatic rings. The van der Waals surface area contributed by atoms with Crippen LogP contribution in [0.25, 0.3) is 0 Å². The second-order valence-corrected chi connectivity index (χ2v) is 5.95. The van der Waals surface area contributed by atoms with E-state index in [9.17, 15) is 8.60 Å². The van der Waals surface area contributed by atoms with Gasteiger partial charge in [-0.1, -0.05) is 12.1 Å². The van der Waals surface area contributed by atoms with Crippen LogP contribution >= 0.6 is 0 Å². The quantitative estimate of drug-likeness (QED) is 0.852. The Morgan fingerprint density at radius 1 is 1.19 bits per heavy atom. The van der Waals surface area contributed by atoms with Crippen molar-refractivity contribution in [2.75, 3.05) is 7.11 Å². The van der Waals surface area contributed by atoms with E-state index in [0.29, 0.717) is 22.6 Å². The number of hydrogen-bond acceptors (Lipinski definition) is 3. The van der Waals surface area contributed by atoms with Crippen LogP contribution in [0.2, 0.25) is 0 Å². The fourth-order valence-corrected chi connectivity index (χ4v) is 3.18. The topological polar surface area (TPSA) is 50.1 Å². The number of methoxy groups -OCH3 is 1. The lowest BCUT2D eigenvalue weighted by atomic mass is 10.2. The summed E-state index contributed by atoms with van der Waals surface area (Å²) in [5.41, 5.74) is 2.03. The van der Waals surface area contributed by atoms with E-state index in [-0.39, 0.29) is 11.6 Å². The van der Waals surface area contributed by atoms with E-state index in [0.717, 1.165) is 5.56 Å². The molecule has 0 saturated heterocycles. The molecule has 2 rings (SSSR count). The molecule has 5 heteroatoms. The Kier molecular flexibility index (Phi) is 5.07. The Morgan fingerprint density at radius 2 is 1.90 bits per heavy atom. The molecule has 0 saturated carbocycles. The maximum atomic E-state index is 13.3. The summed E-state index contributed by atoms with van der Waals surface area (Å²) in [5, 5.41) is 8.73. The van der Waals surface area contributed by atoms with Crippen molar-refractivity contribution >= 4 is 10.8 Å². The lowest BCUT2D eigenvalue weighted by Gasteiger charge is -2.08. The highest BCUT2D eigenvalue weighted by Crippen LogP contribution is 2.21. The standard InChI is InChI=1S/C16H14FNO2S/c1-20-16-7-6-15(17)8-14(16)11-21(19)10-13-4-2-12(9-18)3-5-13/h2-8H,10-11H2,1H3/t21-/m1/s1. The summed E-state index contributed by atoms with van der Waals surface area (Å²) in [6.45, 7) is 0. The molecule has 3 nitrogen and oxygen atoms in total. The molecule has 2 aromatic carbocycles. The van der Waals surface area contributed by atoms with Crippen molar-refractivity contribution in [3.05, 3.63) is 65.0 Å². The predicted molar refractivity (Wildman–Crippen MR) is 79.7 cm³/mol. The first-order valence-electron chi connectivity index (χ1n) is 6.29. The fourth-order valence-electron chi connectivity index (χ4n) is 1.95. The second-order valence-electron chi connectivity index (χ2n) is 4.49. The van der Waals surface area contributed by atoms with E-state index < -0.39 is 10.8 Å². The van der Waals surface area contributed by atoms with Crippen LogP contribution < -0.4 is 4.74 Å². The Labute approximate surface area is 125 Å². The van der Waals surface area contributed by atoms with Gasteiger partial charge in [0, 0.05) is 22.1 Å². The SMILES string of the molecule is COc1ccc(F)cc1C[S@](=O)Cc1ccc(C#N)cc1. The number of halogens is 1. The van der Waals surface area contributed by atoms with E-state index in [2.05, 4.69) is 0 Å². The van der Waals surface area contributed by atoms with Gasteiger partial charge in [0.15, 0.2) is 0 Å². The first-order valence-corrected chi connectivity index (χ1v) is 7.77. The molecule has 0 fully saturated rings. The molecule has 108 valence electrons. The Hall–Kier alpha value is -2.19. The van der Waals surface area contributed by atoms with Gasteiger partial charge in [-0.25, -0.2) is 4.39 Å². The van der Waals surface area contributed by atoms with Crippen LogP contribution in [0, 0.1) is 17.1 Å². The fraction of sp³-hybridized carbons (Fsp3) is 0.188. The van der Waals surface area contributed by atoms with E-state index in [4.69, 9.17) is 10.00 Å². The zero-order valence-electron chi connectivity index (χ0n) is 11.5. The van der Waals surface area contributed by atoms with Gasteiger partial charge in [-0.2, -0.15) is 5.26 Å². The van der Waals surface area contributed by atoms with E-state index >= 15 is 0 Å². The van der Waals surface area contributed by atoms with Crippen molar-refractivity contribution < 1.29 is 13.3 Å². The van der Waals surface area contributed by atoms with Gasteiger partial charge < -0.3 is 4.74 Å². The monoisotopic (exact) mass is 303 g/mol. The van der Waals surface area contributed by atoms with E-state index in [1.54, 1.807) is 24.3 Å². The van der Waals surface area contributed by atoms with Crippen LogP contribution in [0.4, 0.5) is 4.39 Å². The molecule has 0 unspecified atom stereocenters. The second kappa shape index (κ2) is 7.00. The summed E-state index contributed by atoms with van der Waals surface area (Å²) < 4.78 is 30.6. The van der Waals surface area contributed by atoms with Gasteiger partial charge in [0.2, 0.25) is 0 Å². The van der Waals surface area contributed by atoms with E-state index in [1.165, 1.54) is 25.3 Å². The van der Waals surface area contributed by atoms with Gasteiger partial charge in [-0.3, -0.25) is 4.21 Å². The van der Waals surface area contributed by atoms with Gasteiger partial charge >= 0.3 is 0 Å². The third-order valence-corrected chi connectivity index (χ3v) is 4.26. The summed E-state index contributed by atoms with van der Waals surface area (Å²) in [6, 6.07) is 13.2. The van der Waals surface area contributed by atoms with Crippen LogP contribution in [-0.2, 0) is 22.3 Å². The smallest absolute Gasteiger partial charge is 0.123 e. The first-order chi connectivity index (χ1) is 10.1. The molecule has 0 N–H and O–H groups in total. The lowest BCUT2D eigenvalue weighted by molar-refractivity contribution is 0.410. The number of benzene rings is 2. The maximum absolute atomic E-state index is 13.3. The molecular formula is C16H14FNO2S. The van der Waals surface area contributed by atoms with Crippen molar-refractivity contribution in [2.24, 2.45) is 0 Å². The molecule has 0 spiro atoms. The molecule has 0 heterocycles. The first kappa shape index (κ1) is 15.2. The number of ether oxygens (including phenoxy) is 1. The molecule has 0 aliphatic carbocycles. The molecule has 0 bridgehead atoms. The molecule has 0 radical (unpaired) electrons. The molecule has 0 aliphatic heterocycles. The third kappa shape index (κ3) is 4.14. The lowest BCUT2D eigenvalue weighted by Crippen LogP contribution is -2.02. The number of nitriles is 1. The predicted octanol–water partition coefficient (Wildman–Crippen LogP) is 3.15. The zero-order chi connectivity index (χ0) is 15.2. The molecule has 0 aliphatic rings. The minimum absolute atomic E-state index is 0.223. The molecule has 1 atom stereocenters. The minimum Gasteiger partial charge on any atom is -0.496 e. The van der Waals surface area contributed by atoms with Gasteiger partial charge in [0.25, 0.3) is 0 Å². The summed E-state index contributed by atoms with van der Waals surface area (Å²) in [4.78, 5) is 0. The average molecular weight is 303 g/mol. The van der Waals surface area contributed by atoms with Crippen molar-refractivity contribution in [3.63, 3.8) is 0 Å². The normalized spacial score (nSPS) is 11.7. The highest BCUT2D eigenvalue weighted by molar-refractivity contribution is 7.83. The molecule has 21 heavy (non-hydrogen) atoms. The number of rotatable bonds is 5. The van der Waals surface area contributed by atoms with Crippen molar-refractivity contribution in [1.29, 1.82) is 5.26 Å². The van der Waals surface area contributed by atoms with Crippen molar-refractivity contribution in [2.45, 2.75) is 11.5 Å². The molecule has 0 aromatic heterocycles. The maximum Gasteiger partial charge on any atom is 0.123 e. The third-order valence-electron chi connectivity index (χ3n) is 2.97. The van der Waals surface area contributed by atoms with Crippen LogP contribution in [-0.4, -0.2) is 11.3 Å². The summed E-state index contributed by atoms with van der Waals surface area (Å²) in [7, 11) is 0.320. The van der Waals surface area contributed by atoms with Gasteiger partial charge in [-0.05, 0) is 35.9 Å². The Balaban J connectivity index is 2.07. The Morgan fingerprint density at radius 3 is 2.52 bits per heavy atom. The van der Waals surface area contributed by atoms with E-state index in [1.807, 2.05) is 6.07 Å². The molecular weight excluding hydrogens is 289 g/mol. The van der Waals surface area contributed by atoms with Crippen LogP contribution in [0.15, 0.2) is 42.5 Å².